The molecule has 7 nitrogen and oxygen atoms in total. The summed E-state index contributed by atoms with van der Waals surface area (Å²) in [6, 6.07) is 14.2. The van der Waals surface area contributed by atoms with Crippen LogP contribution in [0.1, 0.15) is 18.5 Å². The van der Waals surface area contributed by atoms with Gasteiger partial charge in [0.1, 0.15) is 0 Å². The summed E-state index contributed by atoms with van der Waals surface area (Å²) in [4.78, 5) is 18.9. The predicted molar refractivity (Wildman–Crippen MR) is 107 cm³/mol. The molecule has 1 aliphatic rings. The smallest absolute Gasteiger partial charge is 0.243 e. The minimum Gasteiger partial charge on any atom is -0.355 e. The van der Waals surface area contributed by atoms with Crippen LogP contribution in [0, 0.1) is 0 Å². The normalized spacial score (nSPS) is 18.2. The van der Waals surface area contributed by atoms with Crippen LogP contribution in [-0.4, -0.2) is 61.2 Å². The summed E-state index contributed by atoms with van der Waals surface area (Å²) < 4.78 is 27.4. The van der Waals surface area contributed by atoms with E-state index < -0.39 is 10.0 Å². The van der Waals surface area contributed by atoms with E-state index >= 15 is 0 Å². The van der Waals surface area contributed by atoms with Crippen LogP contribution in [0.4, 0.5) is 0 Å². The summed E-state index contributed by atoms with van der Waals surface area (Å²) in [6.07, 6.45) is 2.61. The van der Waals surface area contributed by atoms with Crippen molar-refractivity contribution >= 4 is 15.9 Å². The zero-order valence-electron chi connectivity index (χ0n) is 15.8. The first-order valence-electron chi connectivity index (χ1n) is 9.50. The van der Waals surface area contributed by atoms with Crippen molar-refractivity contribution in [2.75, 3.05) is 32.7 Å². The van der Waals surface area contributed by atoms with E-state index in [4.69, 9.17) is 0 Å². The number of hydrogen-bond acceptors (Lipinski definition) is 5. The third kappa shape index (κ3) is 5.60. The van der Waals surface area contributed by atoms with Gasteiger partial charge in [0, 0.05) is 45.3 Å². The van der Waals surface area contributed by atoms with Gasteiger partial charge in [0.2, 0.25) is 15.9 Å². The van der Waals surface area contributed by atoms with E-state index in [-0.39, 0.29) is 23.8 Å². The number of benzene rings is 1. The van der Waals surface area contributed by atoms with Crippen molar-refractivity contribution in [3.8, 4) is 0 Å². The van der Waals surface area contributed by atoms with E-state index in [1.165, 1.54) is 4.31 Å². The molecule has 1 saturated heterocycles. The molecule has 0 atom stereocenters. The van der Waals surface area contributed by atoms with Gasteiger partial charge in [0.15, 0.2) is 0 Å². The number of amides is 1. The first-order valence-corrected chi connectivity index (χ1v) is 10.9. The second-order valence-corrected chi connectivity index (χ2v) is 8.71. The molecule has 150 valence electrons. The molecule has 0 bridgehead atoms. The number of nitrogens with zero attached hydrogens (tertiary/aromatic N) is 3. The lowest BCUT2D eigenvalue weighted by Crippen LogP contribution is -2.36. The lowest BCUT2D eigenvalue weighted by atomic mass is 10.3. The molecule has 0 radical (unpaired) electrons. The highest BCUT2D eigenvalue weighted by Crippen LogP contribution is 2.16. The SMILES string of the molecule is O=C1CCN(S(=O)(=O)c2ccccc2)CCCN(Cc2ccccn2)CCN1. The average molecular weight is 403 g/mol. The molecule has 3 rings (SSSR count). The van der Waals surface area contributed by atoms with Gasteiger partial charge >= 0.3 is 0 Å². The van der Waals surface area contributed by atoms with Crippen LogP contribution in [0.25, 0.3) is 0 Å². The Morgan fingerprint density at radius 1 is 0.964 bits per heavy atom. The maximum Gasteiger partial charge on any atom is 0.243 e. The first kappa shape index (κ1) is 20.4. The molecule has 1 amide bonds. The average Bonchev–Trinajstić information content (AvgIpc) is 2.75. The third-order valence-electron chi connectivity index (χ3n) is 4.71. The molecule has 2 aromatic rings. The Kier molecular flexibility index (Phi) is 7.13. The fraction of sp³-hybridized carbons (Fsp3) is 0.400. The Bertz CT molecular complexity index is 860. The van der Waals surface area contributed by atoms with E-state index in [1.807, 2.05) is 18.2 Å². The van der Waals surface area contributed by atoms with E-state index in [1.54, 1.807) is 36.5 Å². The van der Waals surface area contributed by atoms with Crippen LogP contribution in [0.5, 0.6) is 0 Å². The van der Waals surface area contributed by atoms with Gasteiger partial charge < -0.3 is 5.32 Å². The first-order chi connectivity index (χ1) is 13.6. The number of aromatic nitrogens is 1. The second kappa shape index (κ2) is 9.77. The molecule has 1 aliphatic heterocycles. The highest BCUT2D eigenvalue weighted by Gasteiger charge is 2.25. The van der Waals surface area contributed by atoms with Gasteiger partial charge in [-0.05, 0) is 37.2 Å². The number of sulfonamides is 1. The summed E-state index contributed by atoms with van der Waals surface area (Å²) in [6.45, 7) is 3.20. The molecule has 2 heterocycles. The molecule has 1 aromatic heterocycles. The summed E-state index contributed by atoms with van der Waals surface area (Å²) in [5.74, 6) is -0.132. The molecule has 1 N–H and O–H groups in total. The van der Waals surface area contributed by atoms with Crippen molar-refractivity contribution in [2.45, 2.75) is 24.3 Å². The standard InChI is InChI=1S/C20H26N4O3S/c25-20-10-15-24(28(26,27)19-8-2-1-3-9-19)14-6-13-23(16-12-22-20)17-18-7-4-5-11-21-18/h1-5,7-9,11H,6,10,12-17H2,(H,22,25). The molecule has 0 aliphatic carbocycles. The minimum atomic E-state index is -3.62. The molecule has 1 aromatic carbocycles. The fourth-order valence-corrected chi connectivity index (χ4v) is 4.72. The van der Waals surface area contributed by atoms with Crippen LogP contribution >= 0.6 is 0 Å². The Labute approximate surface area is 166 Å². The second-order valence-electron chi connectivity index (χ2n) is 6.77. The molecular weight excluding hydrogens is 376 g/mol. The van der Waals surface area contributed by atoms with Crippen LogP contribution < -0.4 is 5.32 Å². The topological polar surface area (TPSA) is 82.6 Å². The van der Waals surface area contributed by atoms with Crippen LogP contribution in [0.15, 0.2) is 59.6 Å². The molecule has 8 heteroatoms. The van der Waals surface area contributed by atoms with Crippen LogP contribution in [0.2, 0.25) is 0 Å². The molecule has 0 saturated carbocycles. The van der Waals surface area contributed by atoms with Gasteiger partial charge in [-0.3, -0.25) is 14.7 Å². The minimum absolute atomic E-state index is 0.132. The van der Waals surface area contributed by atoms with E-state index in [0.717, 1.165) is 12.2 Å². The van der Waals surface area contributed by atoms with Crippen LogP contribution in [-0.2, 0) is 21.4 Å². The Morgan fingerprint density at radius 2 is 1.75 bits per heavy atom. The number of hydrogen-bond donors (Lipinski definition) is 1. The van der Waals surface area contributed by atoms with Crippen molar-refractivity contribution in [3.05, 3.63) is 60.4 Å². The maximum absolute atomic E-state index is 13.0. The highest BCUT2D eigenvalue weighted by atomic mass is 32.2. The summed E-state index contributed by atoms with van der Waals surface area (Å²) in [5.41, 5.74) is 0.956. The zero-order valence-corrected chi connectivity index (χ0v) is 16.6. The van der Waals surface area contributed by atoms with Crippen molar-refractivity contribution < 1.29 is 13.2 Å². The summed E-state index contributed by atoms with van der Waals surface area (Å²) in [5, 5.41) is 2.89. The molecule has 1 fully saturated rings. The van der Waals surface area contributed by atoms with Crippen molar-refractivity contribution in [1.82, 2.24) is 19.5 Å². The van der Waals surface area contributed by atoms with Crippen molar-refractivity contribution in [1.29, 1.82) is 0 Å². The summed E-state index contributed by atoms with van der Waals surface area (Å²) >= 11 is 0. The Morgan fingerprint density at radius 3 is 2.50 bits per heavy atom. The quantitative estimate of drug-likeness (QED) is 0.838. The fourth-order valence-electron chi connectivity index (χ4n) is 3.22. The van der Waals surface area contributed by atoms with E-state index in [2.05, 4.69) is 15.2 Å². The van der Waals surface area contributed by atoms with Crippen molar-refractivity contribution in [2.24, 2.45) is 0 Å². The lowest BCUT2D eigenvalue weighted by molar-refractivity contribution is -0.121. The highest BCUT2D eigenvalue weighted by molar-refractivity contribution is 7.89. The largest absolute Gasteiger partial charge is 0.355 e. The summed E-state index contributed by atoms with van der Waals surface area (Å²) in [7, 11) is -3.62. The van der Waals surface area contributed by atoms with Gasteiger partial charge in [-0.1, -0.05) is 24.3 Å². The Balaban J connectivity index is 1.72. The van der Waals surface area contributed by atoms with Crippen LogP contribution in [0.3, 0.4) is 0 Å². The van der Waals surface area contributed by atoms with Gasteiger partial charge in [0.05, 0.1) is 10.6 Å². The lowest BCUT2D eigenvalue weighted by Gasteiger charge is -2.24. The monoisotopic (exact) mass is 402 g/mol. The predicted octanol–water partition coefficient (Wildman–Crippen LogP) is 1.48. The van der Waals surface area contributed by atoms with Gasteiger partial charge in [-0.15, -0.1) is 0 Å². The number of rotatable bonds is 4. The maximum atomic E-state index is 13.0. The van der Waals surface area contributed by atoms with Crippen molar-refractivity contribution in [3.63, 3.8) is 0 Å². The molecule has 0 spiro atoms. The number of nitrogens with one attached hydrogen (secondary N) is 1. The van der Waals surface area contributed by atoms with E-state index in [9.17, 15) is 13.2 Å². The van der Waals surface area contributed by atoms with Gasteiger partial charge in [-0.2, -0.15) is 4.31 Å². The molecule has 28 heavy (non-hydrogen) atoms. The Hall–Kier alpha value is -2.29. The third-order valence-corrected chi connectivity index (χ3v) is 6.63. The molecule has 0 unspecified atom stereocenters. The number of carbonyl (C=O) groups is 1. The zero-order chi connectivity index (χ0) is 19.8. The number of pyridine rings is 1. The molecular formula is C20H26N4O3S. The van der Waals surface area contributed by atoms with E-state index in [0.29, 0.717) is 32.6 Å². The van der Waals surface area contributed by atoms with Gasteiger partial charge in [0.25, 0.3) is 0 Å². The van der Waals surface area contributed by atoms with Gasteiger partial charge in [-0.25, -0.2) is 8.42 Å². The number of carbonyl (C=O) groups excluding carboxylic acids is 1.